The lowest BCUT2D eigenvalue weighted by Crippen LogP contribution is -2.48. The van der Waals surface area contributed by atoms with Crippen LogP contribution < -0.4 is 4.74 Å². The fourth-order valence-electron chi connectivity index (χ4n) is 7.97. The maximum atomic E-state index is 12.1. The molecule has 1 N–H and O–H groups in total. The molecule has 39 heavy (non-hydrogen) atoms. The largest absolute Gasteiger partial charge is 0.447 e. The fraction of sp³-hybridized carbons (Fsp3) is 0.353. The first kappa shape index (κ1) is 23.4. The Kier molecular flexibility index (Phi) is 4.17. The number of aliphatic imine (C=N–C) groups is 1. The van der Waals surface area contributed by atoms with Gasteiger partial charge in [0.05, 0.1) is 0 Å². The summed E-state index contributed by atoms with van der Waals surface area (Å²) in [5, 5.41) is 16.8. The molecule has 0 spiro atoms. The molecule has 0 saturated heterocycles. The highest BCUT2D eigenvalue weighted by atomic mass is 16.6. The SMILES string of the molecule is COC1(O)C2(C)c3ccc4cc(C(C)(C)C)ccc4c3C3=[N+](C=NC4Oc5ccc6ccccc6c5C34)C12C. The van der Waals surface area contributed by atoms with E-state index in [-0.39, 0.29) is 17.6 Å². The van der Waals surface area contributed by atoms with Crippen molar-refractivity contribution in [2.24, 2.45) is 4.99 Å². The third-order valence-electron chi connectivity index (χ3n) is 10.4. The summed E-state index contributed by atoms with van der Waals surface area (Å²) in [6.07, 6.45) is 1.52. The quantitative estimate of drug-likeness (QED) is 0.248. The fourth-order valence-corrected chi connectivity index (χ4v) is 7.97. The molecule has 0 bridgehead atoms. The standard InChI is InChI=1S/C34H33N2O3/c1-31(2,3)21-13-14-23-20(17-21)11-15-24-26(23)29-28-27-22-10-8-7-9-19(22)12-16-25(27)39-30(28)35-18-36(29)33(5)32(24,4)34(33,37)38-6/h7-18,28,30,37H,1-6H3/q+1. The van der Waals surface area contributed by atoms with Crippen LogP contribution in [0.15, 0.2) is 71.7 Å². The Balaban J connectivity index is 1.49. The second-order valence-electron chi connectivity index (χ2n) is 12.9. The lowest BCUT2D eigenvalue weighted by Gasteiger charge is -2.32. The molecule has 5 atom stereocenters. The molecule has 1 fully saturated rings. The van der Waals surface area contributed by atoms with Gasteiger partial charge in [-0.1, -0.05) is 81.4 Å². The monoisotopic (exact) mass is 517 g/mol. The maximum absolute atomic E-state index is 12.1. The molecular formula is C34H33N2O3+. The van der Waals surface area contributed by atoms with Gasteiger partial charge < -0.3 is 14.6 Å². The third-order valence-corrected chi connectivity index (χ3v) is 10.4. The van der Waals surface area contributed by atoms with Gasteiger partial charge >= 0.3 is 0 Å². The lowest BCUT2D eigenvalue weighted by molar-refractivity contribution is -0.490. The van der Waals surface area contributed by atoms with E-state index < -0.39 is 16.7 Å². The summed E-state index contributed by atoms with van der Waals surface area (Å²) in [6.45, 7) is 11.0. The summed E-state index contributed by atoms with van der Waals surface area (Å²) < 4.78 is 14.7. The Hall–Kier alpha value is -3.54. The van der Waals surface area contributed by atoms with Crippen molar-refractivity contribution in [1.82, 2.24) is 0 Å². The van der Waals surface area contributed by atoms with Crippen LogP contribution in [-0.2, 0) is 15.6 Å². The van der Waals surface area contributed by atoms with Gasteiger partial charge in [-0.15, -0.1) is 0 Å². The molecule has 5 nitrogen and oxygen atoms in total. The van der Waals surface area contributed by atoms with E-state index in [1.807, 2.05) is 6.34 Å². The predicted molar refractivity (Wildman–Crippen MR) is 154 cm³/mol. The molecule has 3 aliphatic heterocycles. The molecule has 3 heterocycles. The highest BCUT2D eigenvalue weighted by Gasteiger charge is 2.92. The summed E-state index contributed by atoms with van der Waals surface area (Å²) in [5.74, 6) is -0.621. The number of hydrogen-bond donors (Lipinski definition) is 1. The molecule has 196 valence electrons. The van der Waals surface area contributed by atoms with Crippen molar-refractivity contribution in [3.8, 4) is 5.75 Å². The summed E-state index contributed by atoms with van der Waals surface area (Å²) in [4.78, 5) is 4.94. The Morgan fingerprint density at radius 2 is 1.72 bits per heavy atom. The molecule has 4 aromatic carbocycles. The first-order valence-corrected chi connectivity index (χ1v) is 13.8. The van der Waals surface area contributed by atoms with Gasteiger partial charge in [-0.3, -0.25) is 0 Å². The Labute approximate surface area is 228 Å². The van der Waals surface area contributed by atoms with Crippen LogP contribution in [0.5, 0.6) is 5.75 Å². The zero-order chi connectivity index (χ0) is 27.1. The second kappa shape index (κ2) is 6.96. The third kappa shape index (κ3) is 2.46. The van der Waals surface area contributed by atoms with Gasteiger partial charge in [0, 0.05) is 18.2 Å². The summed E-state index contributed by atoms with van der Waals surface area (Å²) in [6, 6.07) is 24.0. The Bertz CT molecular complexity index is 1830. The van der Waals surface area contributed by atoms with E-state index in [4.69, 9.17) is 14.5 Å². The van der Waals surface area contributed by atoms with E-state index in [9.17, 15) is 5.11 Å². The summed E-state index contributed by atoms with van der Waals surface area (Å²) in [5.41, 5.74) is 4.53. The van der Waals surface area contributed by atoms with E-state index in [1.165, 1.54) is 27.1 Å². The molecule has 5 heteroatoms. The number of rotatable bonds is 1. The highest BCUT2D eigenvalue weighted by Crippen LogP contribution is 2.71. The van der Waals surface area contributed by atoms with Gasteiger partial charge in [0.15, 0.2) is 5.54 Å². The Morgan fingerprint density at radius 3 is 2.49 bits per heavy atom. The van der Waals surface area contributed by atoms with Crippen molar-refractivity contribution >= 4 is 33.6 Å². The molecule has 5 unspecified atom stereocenters. The minimum atomic E-state index is -1.38. The van der Waals surface area contributed by atoms with Crippen LogP contribution in [0.4, 0.5) is 0 Å². The summed E-state index contributed by atoms with van der Waals surface area (Å²) in [7, 11) is 1.61. The maximum Gasteiger partial charge on any atom is 0.293 e. The number of hydrogen-bond acceptors (Lipinski definition) is 4. The normalized spacial score (nSPS) is 31.9. The number of ether oxygens (including phenoxy) is 2. The first-order valence-electron chi connectivity index (χ1n) is 13.8. The number of methoxy groups -OCH3 is 1. The zero-order valence-corrected chi connectivity index (χ0v) is 23.2. The molecule has 1 saturated carbocycles. The van der Waals surface area contributed by atoms with E-state index in [0.717, 1.165) is 28.2 Å². The molecule has 0 amide bonds. The Morgan fingerprint density at radius 1 is 0.949 bits per heavy atom. The van der Waals surface area contributed by atoms with Crippen LogP contribution >= 0.6 is 0 Å². The zero-order valence-electron chi connectivity index (χ0n) is 23.2. The van der Waals surface area contributed by atoms with Crippen LogP contribution in [0.1, 0.15) is 62.8 Å². The molecule has 8 rings (SSSR count). The van der Waals surface area contributed by atoms with Crippen LogP contribution in [-0.4, -0.2) is 46.4 Å². The average Bonchev–Trinajstić information content (AvgIpc) is 3.17. The summed E-state index contributed by atoms with van der Waals surface area (Å²) >= 11 is 0. The van der Waals surface area contributed by atoms with E-state index in [2.05, 4.69) is 106 Å². The van der Waals surface area contributed by atoms with Gasteiger partial charge in [0.2, 0.25) is 5.79 Å². The van der Waals surface area contributed by atoms with Crippen LogP contribution in [0.3, 0.4) is 0 Å². The minimum absolute atomic E-state index is 0.0420. The van der Waals surface area contributed by atoms with Crippen LogP contribution in [0.2, 0.25) is 0 Å². The lowest BCUT2D eigenvalue weighted by atomic mass is 9.75. The number of aliphatic hydroxyl groups is 1. The van der Waals surface area contributed by atoms with Crippen molar-refractivity contribution in [3.63, 3.8) is 0 Å². The highest BCUT2D eigenvalue weighted by molar-refractivity contribution is 6.17. The minimum Gasteiger partial charge on any atom is -0.447 e. The number of benzene rings is 4. The van der Waals surface area contributed by atoms with Gasteiger partial charge in [0.25, 0.3) is 12.6 Å². The smallest absolute Gasteiger partial charge is 0.293 e. The average molecular weight is 518 g/mol. The van der Waals surface area contributed by atoms with Crippen LogP contribution in [0.25, 0.3) is 21.5 Å². The van der Waals surface area contributed by atoms with E-state index >= 15 is 0 Å². The van der Waals surface area contributed by atoms with Crippen LogP contribution in [0, 0.1) is 0 Å². The van der Waals surface area contributed by atoms with Crippen molar-refractivity contribution in [2.45, 2.75) is 68.9 Å². The van der Waals surface area contributed by atoms with Gasteiger partial charge in [-0.05, 0) is 63.0 Å². The van der Waals surface area contributed by atoms with Crippen molar-refractivity contribution in [2.75, 3.05) is 7.11 Å². The second-order valence-corrected chi connectivity index (χ2v) is 12.9. The predicted octanol–water partition coefficient (Wildman–Crippen LogP) is 6.01. The number of nitrogens with zero attached hydrogens (tertiary/aromatic N) is 2. The number of fused-ring (bicyclic) bond motifs is 13. The molecule has 4 aliphatic rings. The topological polar surface area (TPSA) is 54.1 Å². The van der Waals surface area contributed by atoms with E-state index in [1.54, 1.807) is 7.11 Å². The van der Waals surface area contributed by atoms with E-state index in [0.29, 0.717) is 0 Å². The van der Waals surface area contributed by atoms with Gasteiger partial charge in [-0.2, -0.15) is 0 Å². The molecule has 0 radical (unpaired) electrons. The van der Waals surface area contributed by atoms with Crippen molar-refractivity contribution in [3.05, 3.63) is 89.0 Å². The van der Waals surface area contributed by atoms with Crippen molar-refractivity contribution in [1.29, 1.82) is 0 Å². The van der Waals surface area contributed by atoms with Crippen molar-refractivity contribution < 1.29 is 19.2 Å². The molecular weight excluding hydrogens is 484 g/mol. The molecule has 0 aromatic heterocycles. The molecule has 4 aromatic rings. The molecule has 1 aliphatic carbocycles. The van der Waals surface area contributed by atoms with Gasteiger partial charge in [-0.25, -0.2) is 4.58 Å². The van der Waals surface area contributed by atoms with Gasteiger partial charge in [0.1, 0.15) is 22.8 Å². The first-order chi connectivity index (χ1) is 18.6.